The molecule has 0 spiro atoms. The number of amides is 2. The summed E-state index contributed by atoms with van der Waals surface area (Å²) in [6.07, 6.45) is 7.48. The van der Waals surface area contributed by atoms with Crippen LogP contribution in [-0.4, -0.2) is 41.8 Å². The van der Waals surface area contributed by atoms with Crippen molar-refractivity contribution < 1.29 is 23.9 Å². The van der Waals surface area contributed by atoms with E-state index in [2.05, 4.69) is 15.9 Å². The molecule has 29 heavy (non-hydrogen) atoms. The van der Waals surface area contributed by atoms with Crippen LogP contribution in [0.1, 0.15) is 44.6 Å². The average Bonchev–Trinajstić information content (AvgIpc) is 2.96. The molecule has 0 radical (unpaired) electrons. The Morgan fingerprint density at radius 3 is 2.72 bits per heavy atom. The van der Waals surface area contributed by atoms with E-state index in [1.165, 1.54) is 24.2 Å². The highest BCUT2D eigenvalue weighted by atomic mass is 79.9. The second-order valence-corrected chi connectivity index (χ2v) is 8.93. The Hall–Kier alpha value is -1.80. The fraction of sp³-hybridized carbons (Fsp3) is 0.476. The molecule has 0 bridgehead atoms. The third kappa shape index (κ3) is 5.85. The van der Waals surface area contributed by atoms with Gasteiger partial charge in [0.15, 0.2) is 6.61 Å². The molecule has 1 saturated carbocycles. The Bertz CT molecular complexity index is 819. The molecule has 1 aliphatic heterocycles. The van der Waals surface area contributed by atoms with Gasteiger partial charge in [0, 0.05) is 6.54 Å². The number of nitrogens with zero attached hydrogens (tertiary/aromatic N) is 1. The molecule has 2 aliphatic rings. The molecule has 1 saturated heterocycles. The van der Waals surface area contributed by atoms with Gasteiger partial charge in [-0.2, -0.15) is 0 Å². The monoisotopic (exact) mass is 481 g/mol. The third-order valence-electron chi connectivity index (χ3n) is 4.94. The maximum absolute atomic E-state index is 12.7. The summed E-state index contributed by atoms with van der Waals surface area (Å²) >= 11 is 4.40. The minimum atomic E-state index is -0.435. The zero-order chi connectivity index (χ0) is 20.8. The molecule has 3 rings (SSSR count). The number of rotatable bonds is 7. The number of carbonyl (C=O) groups excluding carboxylic acids is 3. The van der Waals surface area contributed by atoms with E-state index in [0.29, 0.717) is 34.2 Å². The highest BCUT2D eigenvalue weighted by molar-refractivity contribution is 9.10. The molecule has 8 heteroatoms. The molecule has 1 aromatic carbocycles. The van der Waals surface area contributed by atoms with Gasteiger partial charge in [0.1, 0.15) is 5.75 Å². The molecular weight excluding hydrogens is 458 g/mol. The summed E-state index contributed by atoms with van der Waals surface area (Å²) in [6, 6.07) is 5.28. The quantitative estimate of drug-likeness (QED) is 0.402. The standard InChI is InChI=1S/C21H24BrNO5S/c1-2-27-19(24)13-28-17-9-8-15(10-16(17)22)11-18-20(25)23(21(26)29-18)12-14-6-4-3-5-7-14/h8-11,14H,2-7,12-13H2,1H3/b18-11+. The van der Waals surface area contributed by atoms with Crippen molar-refractivity contribution in [2.45, 2.75) is 39.0 Å². The second kappa shape index (κ2) is 10.3. The first-order chi connectivity index (χ1) is 14.0. The van der Waals surface area contributed by atoms with Crippen LogP contribution in [0.2, 0.25) is 0 Å². The molecule has 0 N–H and O–H groups in total. The van der Waals surface area contributed by atoms with E-state index in [1.54, 1.807) is 31.2 Å². The summed E-state index contributed by atoms with van der Waals surface area (Å²) in [6.45, 7) is 2.38. The van der Waals surface area contributed by atoms with Crippen LogP contribution in [0.5, 0.6) is 5.75 Å². The molecule has 1 aromatic rings. The van der Waals surface area contributed by atoms with Gasteiger partial charge in [-0.15, -0.1) is 0 Å². The topological polar surface area (TPSA) is 72.9 Å². The Labute approximate surface area is 183 Å². The smallest absolute Gasteiger partial charge is 0.344 e. The molecule has 0 atom stereocenters. The van der Waals surface area contributed by atoms with Crippen LogP contribution in [0, 0.1) is 5.92 Å². The van der Waals surface area contributed by atoms with Crippen LogP contribution in [0.25, 0.3) is 6.08 Å². The van der Waals surface area contributed by atoms with Crippen molar-refractivity contribution in [2.75, 3.05) is 19.8 Å². The Balaban J connectivity index is 1.64. The summed E-state index contributed by atoms with van der Waals surface area (Å²) in [5.74, 6) is 0.265. The van der Waals surface area contributed by atoms with E-state index >= 15 is 0 Å². The summed E-state index contributed by atoms with van der Waals surface area (Å²) in [5, 5.41) is -0.194. The van der Waals surface area contributed by atoms with Gasteiger partial charge in [0.05, 0.1) is 16.0 Å². The number of ether oxygens (including phenoxy) is 2. The number of thioether (sulfide) groups is 1. The van der Waals surface area contributed by atoms with Crippen LogP contribution in [-0.2, 0) is 14.3 Å². The molecule has 0 unspecified atom stereocenters. The zero-order valence-electron chi connectivity index (χ0n) is 16.3. The van der Waals surface area contributed by atoms with E-state index in [0.717, 1.165) is 30.2 Å². The lowest BCUT2D eigenvalue weighted by Crippen LogP contribution is -2.34. The van der Waals surface area contributed by atoms with Crippen LogP contribution in [0.4, 0.5) is 4.79 Å². The highest BCUT2D eigenvalue weighted by Gasteiger charge is 2.36. The fourth-order valence-corrected chi connectivity index (χ4v) is 4.86. The lowest BCUT2D eigenvalue weighted by Gasteiger charge is -2.25. The van der Waals surface area contributed by atoms with Gasteiger partial charge in [0.25, 0.3) is 11.1 Å². The van der Waals surface area contributed by atoms with Crippen LogP contribution in [0.3, 0.4) is 0 Å². The minimum absolute atomic E-state index is 0.175. The van der Waals surface area contributed by atoms with Crippen LogP contribution < -0.4 is 4.74 Å². The first-order valence-electron chi connectivity index (χ1n) is 9.81. The summed E-state index contributed by atoms with van der Waals surface area (Å²) in [5.41, 5.74) is 0.767. The van der Waals surface area contributed by atoms with Crippen molar-refractivity contribution in [3.05, 3.63) is 33.1 Å². The van der Waals surface area contributed by atoms with Gasteiger partial charge in [-0.3, -0.25) is 14.5 Å². The molecule has 156 valence electrons. The molecule has 6 nitrogen and oxygen atoms in total. The Kier molecular flexibility index (Phi) is 7.77. The van der Waals surface area contributed by atoms with Crippen molar-refractivity contribution in [3.63, 3.8) is 0 Å². The molecule has 1 heterocycles. The molecule has 1 aliphatic carbocycles. The number of carbonyl (C=O) groups is 3. The summed E-state index contributed by atoms with van der Waals surface area (Å²) < 4.78 is 10.9. The second-order valence-electron chi connectivity index (χ2n) is 7.08. The minimum Gasteiger partial charge on any atom is -0.481 e. The zero-order valence-corrected chi connectivity index (χ0v) is 18.7. The van der Waals surface area contributed by atoms with E-state index in [-0.39, 0.29) is 17.8 Å². The van der Waals surface area contributed by atoms with Crippen LogP contribution in [0.15, 0.2) is 27.6 Å². The number of hydrogen-bond acceptors (Lipinski definition) is 6. The van der Waals surface area contributed by atoms with Crippen molar-refractivity contribution in [1.82, 2.24) is 4.90 Å². The summed E-state index contributed by atoms with van der Waals surface area (Å²) in [7, 11) is 0. The van der Waals surface area contributed by atoms with E-state index in [9.17, 15) is 14.4 Å². The van der Waals surface area contributed by atoms with Gasteiger partial charge in [-0.25, -0.2) is 4.79 Å². The third-order valence-corrected chi connectivity index (χ3v) is 6.47. The molecule has 2 amide bonds. The maximum atomic E-state index is 12.7. The first kappa shape index (κ1) is 21.9. The number of benzene rings is 1. The van der Waals surface area contributed by atoms with E-state index in [4.69, 9.17) is 9.47 Å². The Morgan fingerprint density at radius 2 is 2.03 bits per heavy atom. The molecule has 2 fully saturated rings. The lowest BCUT2D eigenvalue weighted by molar-refractivity contribution is -0.145. The number of halogens is 1. The molecule has 0 aromatic heterocycles. The van der Waals surface area contributed by atoms with Crippen LogP contribution >= 0.6 is 27.7 Å². The van der Waals surface area contributed by atoms with Crippen molar-refractivity contribution in [2.24, 2.45) is 5.92 Å². The normalized spacial score (nSPS) is 19.1. The fourth-order valence-electron chi connectivity index (χ4n) is 3.50. The van der Waals surface area contributed by atoms with Gasteiger partial charge in [-0.1, -0.05) is 25.3 Å². The molecular formula is C21H24BrNO5S. The highest BCUT2D eigenvalue weighted by Crippen LogP contribution is 2.35. The van der Waals surface area contributed by atoms with Gasteiger partial charge in [0.2, 0.25) is 0 Å². The Morgan fingerprint density at radius 1 is 1.28 bits per heavy atom. The number of imide groups is 1. The number of hydrogen-bond donors (Lipinski definition) is 0. The first-order valence-corrected chi connectivity index (χ1v) is 11.4. The van der Waals surface area contributed by atoms with Gasteiger partial charge in [-0.05, 0) is 77.1 Å². The lowest BCUT2D eigenvalue weighted by atomic mass is 9.89. The SMILES string of the molecule is CCOC(=O)COc1ccc(/C=C2/SC(=O)N(CC3CCCCC3)C2=O)cc1Br. The van der Waals surface area contributed by atoms with Gasteiger partial charge < -0.3 is 9.47 Å². The average molecular weight is 482 g/mol. The predicted molar refractivity (Wildman–Crippen MR) is 116 cm³/mol. The summed E-state index contributed by atoms with van der Waals surface area (Å²) in [4.78, 5) is 38.3. The van der Waals surface area contributed by atoms with E-state index < -0.39 is 5.97 Å². The largest absolute Gasteiger partial charge is 0.481 e. The van der Waals surface area contributed by atoms with Crippen molar-refractivity contribution in [3.8, 4) is 5.75 Å². The maximum Gasteiger partial charge on any atom is 0.344 e. The van der Waals surface area contributed by atoms with Crippen molar-refractivity contribution >= 4 is 50.9 Å². The van der Waals surface area contributed by atoms with Crippen molar-refractivity contribution in [1.29, 1.82) is 0 Å². The van der Waals surface area contributed by atoms with E-state index in [1.807, 2.05) is 0 Å². The van der Waals surface area contributed by atoms with Gasteiger partial charge >= 0.3 is 5.97 Å². The predicted octanol–water partition coefficient (Wildman–Crippen LogP) is 5.01. The number of esters is 1.